The van der Waals surface area contributed by atoms with Crippen LogP contribution in [0.5, 0.6) is 11.5 Å². The van der Waals surface area contributed by atoms with Crippen LogP contribution in [0, 0.1) is 5.82 Å². The SMILES string of the molecule is COc1ccc(S(=O)(=O)c2cnc3ccc(OC)cc3c2Sc2ccc(F)cc2)cc1. The third-order valence-electron chi connectivity index (χ3n) is 4.69. The van der Waals surface area contributed by atoms with E-state index in [0.717, 1.165) is 0 Å². The van der Waals surface area contributed by atoms with Gasteiger partial charge in [0.1, 0.15) is 22.2 Å². The van der Waals surface area contributed by atoms with Gasteiger partial charge in [0.05, 0.1) is 24.6 Å². The van der Waals surface area contributed by atoms with E-state index in [4.69, 9.17) is 9.47 Å². The largest absolute Gasteiger partial charge is 0.497 e. The summed E-state index contributed by atoms with van der Waals surface area (Å²) < 4.78 is 50.9. The molecule has 4 aromatic rings. The second kappa shape index (κ2) is 8.56. The highest BCUT2D eigenvalue weighted by atomic mass is 32.2. The predicted octanol–water partition coefficient (Wildman–Crippen LogP) is 5.38. The number of pyridine rings is 1. The molecule has 4 rings (SSSR count). The molecule has 1 heterocycles. The lowest BCUT2D eigenvalue weighted by molar-refractivity contribution is 0.414. The molecule has 0 spiro atoms. The van der Waals surface area contributed by atoms with Gasteiger partial charge < -0.3 is 9.47 Å². The molecule has 0 radical (unpaired) electrons. The molecule has 0 atom stereocenters. The molecular formula is C23H18FNO4S2. The third kappa shape index (κ3) is 4.22. The van der Waals surface area contributed by atoms with Crippen LogP contribution >= 0.6 is 11.8 Å². The second-order valence-electron chi connectivity index (χ2n) is 6.57. The fourth-order valence-corrected chi connectivity index (χ4v) is 5.74. The molecule has 31 heavy (non-hydrogen) atoms. The summed E-state index contributed by atoms with van der Waals surface area (Å²) >= 11 is 1.23. The molecule has 0 bridgehead atoms. The van der Waals surface area contributed by atoms with Gasteiger partial charge >= 0.3 is 0 Å². The number of rotatable bonds is 6. The highest BCUT2D eigenvalue weighted by Gasteiger charge is 2.25. The minimum absolute atomic E-state index is 0.0627. The van der Waals surface area contributed by atoms with Crippen molar-refractivity contribution in [3.63, 3.8) is 0 Å². The van der Waals surface area contributed by atoms with Gasteiger partial charge in [-0.05, 0) is 66.7 Å². The lowest BCUT2D eigenvalue weighted by atomic mass is 10.2. The quantitative estimate of drug-likeness (QED) is 0.389. The monoisotopic (exact) mass is 455 g/mol. The van der Waals surface area contributed by atoms with Crippen LogP contribution in [0.4, 0.5) is 4.39 Å². The maximum absolute atomic E-state index is 13.5. The maximum atomic E-state index is 13.5. The molecule has 0 saturated carbocycles. The fraction of sp³-hybridized carbons (Fsp3) is 0.0870. The van der Waals surface area contributed by atoms with Crippen molar-refractivity contribution in [2.24, 2.45) is 0 Å². The number of benzene rings is 3. The van der Waals surface area contributed by atoms with Crippen LogP contribution < -0.4 is 9.47 Å². The summed E-state index contributed by atoms with van der Waals surface area (Å²) in [7, 11) is -0.831. The van der Waals surface area contributed by atoms with E-state index >= 15 is 0 Å². The van der Waals surface area contributed by atoms with Crippen molar-refractivity contribution in [1.82, 2.24) is 4.98 Å². The van der Waals surface area contributed by atoms with Gasteiger partial charge in [-0.3, -0.25) is 4.98 Å². The highest BCUT2D eigenvalue weighted by molar-refractivity contribution is 8.00. The zero-order valence-corrected chi connectivity index (χ0v) is 18.3. The first-order valence-electron chi connectivity index (χ1n) is 9.21. The van der Waals surface area contributed by atoms with E-state index < -0.39 is 9.84 Å². The van der Waals surface area contributed by atoms with Gasteiger partial charge in [-0.2, -0.15) is 0 Å². The van der Waals surface area contributed by atoms with Crippen LogP contribution in [0.3, 0.4) is 0 Å². The van der Waals surface area contributed by atoms with Crippen molar-refractivity contribution in [3.05, 3.63) is 78.7 Å². The number of ether oxygens (including phenoxy) is 2. The Hall–Kier alpha value is -3.10. The minimum Gasteiger partial charge on any atom is -0.497 e. The molecule has 0 amide bonds. The average molecular weight is 456 g/mol. The number of nitrogens with zero attached hydrogens (tertiary/aromatic N) is 1. The summed E-state index contributed by atoms with van der Waals surface area (Å²) in [6, 6.07) is 17.4. The Morgan fingerprint density at radius 1 is 0.871 bits per heavy atom. The third-order valence-corrected chi connectivity index (χ3v) is 7.75. The van der Waals surface area contributed by atoms with Crippen molar-refractivity contribution in [2.45, 2.75) is 19.6 Å². The molecule has 5 nitrogen and oxygen atoms in total. The van der Waals surface area contributed by atoms with Gasteiger partial charge in [-0.15, -0.1) is 0 Å². The molecule has 8 heteroatoms. The smallest absolute Gasteiger partial charge is 0.209 e. The summed E-state index contributed by atoms with van der Waals surface area (Å²) in [5, 5.41) is 0.628. The number of halogens is 1. The van der Waals surface area contributed by atoms with Crippen LogP contribution in [-0.2, 0) is 9.84 Å². The van der Waals surface area contributed by atoms with Crippen molar-refractivity contribution in [3.8, 4) is 11.5 Å². The molecular weight excluding hydrogens is 437 g/mol. The second-order valence-corrected chi connectivity index (χ2v) is 9.57. The molecule has 1 aromatic heterocycles. The lowest BCUT2D eigenvalue weighted by Crippen LogP contribution is -2.05. The normalized spacial score (nSPS) is 11.5. The van der Waals surface area contributed by atoms with Crippen molar-refractivity contribution in [1.29, 1.82) is 0 Å². The van der Waals surface area contributed by atoms with Crippen molar-refractivity contribution in [2.75, 3.05) is 14.2 Å². The van der Waals surface area contributed by atoms with Gasteiger partial charge in [0.2, 0.25) is 9.84 Å². The Bertz CT molecular complexity index is 1340. The van der Waals surface area contributed by atoms with E-state index in [1.54, 1.807) is 49.6 Å². The molecule has 3 aromatic carbocycles. The summed E-state index contributed by atoms with van der Waals surface area (Å²) in [5.74, 6) is 0.771. The number of aromatic nitrogens is 1. The van der Waals surface area contributed by atoms with Crippen LogP contribution in [0.25, 0.3) is 10.9 Å². The zero-order valence-electron chi connectivity index (χ0n) is 16.7. The van der Waals surface area contributed by atoms with Gasteiger partial charge in [0.15, 0.2) is 0 Å². The van der Waals surface area contributed by atoms with Crippen LogP contribution in [0.2, 0.25) is 0 Å². The van der Waals surface area contributed by atoms with E-state index in [1.807, 2.05) is 0 Å². The number of methoxy groups -OCH3 is 2. The lowest BCUT2D eigenvalue weighted by Gasteiger charge is -2.14. The summed E-state index contributed by atoms with van der Waals surface area (Å²) in [6.45, 7) is 0. The predicted molar refractivity (Wildman–Crippen MR) is 117 cm³/mol. The first-order valence-corrected chi connectivity index (χ1v) is 11.5. The van der Waals surface area contributed by atoms with Crippen molar-refractivity contribution >= 4 is 32.5 Å². The first-order chi connectivity index (χ1) is 14.9. The number of hydrogen-bond donors (Lipinski definition) is 0. The zero-order chi connectivity index (χ0) is 22.0. The number of sulfone groups is 1. The molecule has 158 valence electrons. The summed E-state index contributed by atoms with van der Waals surface area (Å²) in [6.07, 6.45) is 1.36. The van der Waals surface area contributed by atoms with Crippen LogP contribution in [-0.4, -0.2) is 27.6 Å². The van der Waals surface area contributed by atoms with E-state index in [0.29, 0.717) is 32.2 Å². The summed E-state index contributed by atoms with van der Waals surface area (Å²) in [5.41, 5.74) is 0.624. The number of fused-ring (bicyclic) bond motifs is 1. The van der Waals surface area contributed by atoms with E-state index in [-0.39, 0.29) is 15.6 Å². The van der Waals surface area contributed by atoms with Crippen molar-refractivity contribution < 1.29 is 22.3 Å². The van der Waals surface area contributed by atoms with Gasteiger partial charge in [0.25, 0.3) is 0 Å². The molecule has 0 saturated heterocycles. The number of hydrogen-bond acceptors (Lipinski definition) is 6. The maximum Gasteiger partial charge on any atom is 0.209 e. The van der Waals surface area contributed by atoms with E-state index in [2.05, 4.69) is 4.98 Å². The van der Waals surface area contributed by atoms with E-state index in [9.17, 15) is 12.8 Å². The van der Waals surface area contributed by atoms with E-state index in [1.165, 1.54) is 49.3 Å². The average Bonchev–Trinajstić information content (AvgIpc) is 2.80. The molecule has 0 aliphatic carbocycles. The minimum atomic E-state index is -3.89. The summed E-state index contributed by atoms with van der Waals surface area (Å²) in [4.78, 5) is 5.74. The standard InChI is InChI=1S/C23H18FNO4S2/c1-28-16-5-10-19(11-6-16)31(26,27)22-14-25-21-12-7-17(29-2)13-20(21)23(22)30-18-8-3-15(24)4-9-18/h3-14H,1-2H3. The molecule has 0 fully saturated rings. The molecule has 0 aliphatic rings. The van der Waals surface area contributed by atoms with Crippen LogP contribution in [0.15, 0.2) is 92.5 Å². The first kappa shape index (κ1) is 21.1. The molecule has 0 aliphatic heterocycles. The highest BCUT2D eigenvalue weighted by Crippen LogP contribution is 2.40. The van der Waals surface area contributed by atoms with Gasteiger partial charge in [-0.25, -0.2) is 12.8 Å². The van der Waals surface area contributed by atoms with Crippen LogP contribution in [0.1, 0.15) is 0 Å². The topological polar surface area (TPSA) is 65.5 Å². The fourth-order valence-electron chi connectivity index (χ4n) is 3.06. The molecule has 0 unspecified atom stereocenters. The van der Waals surface area contributed by atoms with Gasteiger partial charge in [-0.1, -0.05) is 11.8 Å². The Balaban J connectivity index is 1.93. The van der Waals surface area contributed by atoms with Gasteiger partial charge in [0, 0.05) is 21.4 Å². The Morgan fingerprint density at radius 3 is 2.16 bits per heavy atom. The Kier molecular flexibility index (Phi) is 5.84. The molecule has 0 N–H and O–H groups in total. The Labute approximate surface area is 183 Å². The Morgan fingerprint density at radius 2 is 1.52 bits per heavy atom.